The van der Waals surface area contributed by atoms with Crippen LogP contribution in [-0.2, 0) is 13.0 Å². The van der Waals surface area contributed by atoms with Gasteiger partial charge in [-0.3, -0.25) is 4.79 Å². The third kappa shape index (κ3) is 2.16. The predicted octanol–water partition coefficient (Wildman–Crippen LogP) is 1.44. The van der Waals surface area contributed by atoms with E-state index in [-0.39, 0.29) is 11.3 Å². The van der Waals surface area contributed by atoms with Crippen molar-refractivity contribution in [1.82, 2.24) is 19.5 Å². The average molecular weight is 270 g/mol. The van der Waals surface area contributed by atoms with Gasteiger partial charge in [0.05, 0.1) is 6.33 Å². The van der Waals surface area contributed by atoms with Crippen LogP contribution in [0.15, 0.2) is 35.4 Å². The minimum absolute atomic E-state index is 0.178. The van der Waals surface area contributed by atoms with Gasteiger partial charge in [0.2, 0.25) is 0 Å². The number of aromatic amines is 1. The summed E-state index contributed by atoms with van der Waals surface area (Å²) in [7, 11) is 0. The van der Waals surface area contributed by atoms with Gasteiger partial charge >= 0.3 is 0 Å². The Morgan fingerprint density at radius 3 is 2.75 bits per heavy atom. The van der Waals surface area contributed by atoms with Gasteiger partial charge in [-0.15, -0.1) is 0 Å². The first-order valence-corrected chi connectivity index (χ1v) is 6.39. The number of aromatic nitrogens is 4. The number of aryl methyl sites for hydroxylation is 1. The van der Waals surface area contributed by atoms with Crippen molar-refractivity contribution in [2.75, 3.05) is 0 Å². The van der Waals surface area contributed by atoms with Gasteiger partial charge in [-0.25, -0.2) is 9.97 Å². The summed E-state index contributed by atoms with van der Waals surface area (Å²) in [6.45, 7) is 2.44. The maximum absolute atomic E-state index is 12.1. The Labute approximate surface area is 114 Å². The number of H-pyrrole nitrogens is 1. The molecule has 0 atom stereocenters. The second-order valence-corrected chi connectivity index (χ2v) is 4.58. The summed E-state index contributed by atoms with van der Waals surface area (Å²) in [5.41, 5.74) is 1.73. The molecule has 0 radical (unpaired) electrons. The number of phenolic OH excluding ortho intramolecular Hbond substituents is 1. The average Bonchev–Trinajstić information content (AvgIpc) is 2.85. The molecule has 0 saturated heterocycles. The van der Waals surface area contributed by atoms with E-state index in [1.165, 1.54) is 0 Å². The van der Waals surface area contributed by atoms with E-state index < -0.39 is 0 Å². The smallest absolute Gasteiger partial charge is 0.277 e. The van der Waals surface area contributed by atoms with E-state index in [4.69, 9.17) is 0 Å². The van der Waals surface area contributed by atoms with Gasteiger partial charge in [0.15, 0.2) is 11.2 Å². The van der Waals surface area contributed by atoms with Crippen molar-refractivity contribution >= 4 is 11.2 Å². The Kier molecular flexibility index (Phi) is 2.98. The zero-order chi connectivity index (χ0) is 14.1. The molecule has 2 aromatic heterocycles. The minimum Gasteiger partial charge on any atom is -0.508 e. The summed E-state index contributed by atoms with van der Waals surface area (Å²) in [5.74, 6) is 0.855. The SMILES string of the molecule is CCc1nc2ncn(Cc3ccc(O)cc3)c2c(=O)[nH]1. The Bertz CT molecular complexity index is 802. The molecule has 2 N–H and O–H groups in total. The van der Waals surface area contributed by atoms with Gasteiger partial charge < -0.3 is 14.7 Å². The summed E-state index contributed by atoms with van der Waals surface area (Å²) >= 11 is 0. The molecule has 20 heavy (non-hydrogen) atoms. The van der Waals surface area contributed by atoms with Gasteiger partial charge in [-0.1, -0.05) is 19.1 Å². The predicted molar refractivity (Wildman–Crippen MR) is 74.7 cm³/mol. The summed E-state index contributed by atoms with van der Waals surface area (Å²) in [5, 5.41) is 9.27. The van der Waals surface area contributed by atoms with Crippen LogP contribution in [0.3, 0.4) is 0 Å². The molecule has 0 fully saturated rings. The highest BCUT2D eigenvalue weighted by molar-refractivity contribution is 5.69. The fraction of sp³-hybridized carbons (Fsp3) is 0.214. The van der Waals surface area contributed by atoms with Crippen LogP contribution in [0.2, 0.25) is 0 Å². The van der Waals surface area contributed by atoms with E-state index in [9.17, 15) is 9.90 Å². The molecule has 2 heterocycles. The van der Waals surface area contributed by atoms with Crippen LogP contribution < -0.4 is 5.56 Å². The zero-order valence-corrected chi connectivity index (χ0v) is 11.0. The highest BCUT2D eigenvalue weighted by Gasteiger charge is 2.10. The van der Waals surface area contributed by atoms with E-state index in [1.807, 2.05) is 19.1 Å². The molecule has 6 nitrogen and oxygen atoms in total. The summed E-state index contributed by atoms with van der Waals surface area (Å²) in [4.78, 5) is 23.3. The molecule has 3 aromatic rings. The number of rotatable bonds is 3. The van der Waals surface area contributed by atoms with Gasteiger partial charge in [0, 0.05) is 13.0 Å². The summed E-state index contributed by atoms with van der Waals surface area (Å²) in [6.07, 6.45) is 2.27. The first kappa shape index (κ1) is 12.4. The first-order chi connectivity index (χ1) is 9.67. The number of nitrogens with zero attached hydrogens (tertiary/aromatic N) is 3. The molecule has 0 aliphatic rings. The lowest BCUT2D eigenvalue weighted by molar-refractivity contribution is 0.475. The Balaban J connectivity index is 2.04. The van der Waals surface area contributed by atoms with Crippen molar-refractivity contribution in [3.8, 4) is 5.75 Å². The molecule has 0 unspecified atom stereocenters. The van der Waals surface area contributed by atoms with E-state index in [0.717, 1.165) is 5.56 Å². The molecule has 0 aliphatic heterocycles. The van der Waals surface area contributed by atoms with E-state index in [0.29, 0.717) is 30.0 Å². The van der Waals surface area contributed by atoms with Crippen molar-refractivity contribution in [1.29, 1.82) is 0 Å². The molecule has 1 aromatic carbocycles. The minimum atomic E-state index is -0.178. The maximum Gasteiger partial charge on any atom is 0.277 e. The van der Waals surface area contributed by atoms with Crippen LogP contribution in [0, 0.1) is 0 Å². The lowest BCUT2D eigenvalue weighted by Crippen LogP contribution is -2.14. The number of imidazole rings is 1. The normalized spacial score (nSPS) is 11.1. The quantitative estimate of drug-likeness (QED) is 0.754. The third-order valence-corrected chi connectivity index (χ3v) is 3.16. The molecule has 102 valence electrons. The second-order valence-electron chi connectivity index (χ2n) is 4.58. The van der Waals surface area contributed by atoms with Crippen LogP contribution in [0.4, 0.5) is 0 Å². The van der Waals surface area contributed by atoms with Crippen molar-refractivity contribution in [2.24, 2.45) is 0 Å². The number of phenols is 1. The molecule has 0 saturated carbocycles. The van der Waals surface area contributed by atoms with E-state index >= 15 is 0 Å². The highest BCUT2D eigenvalue weighted by atomic mass is 16.3. The Morgan fingerprint density at radius 2 is 2.05 bits per heavy atom. The Morgan fingerprint density at radius 1 is 1.30 bits per heavy atom. The fourth-order valence-corrected chi connectivity index (χ4v) is 2.12. The van der Waals surface area contributed by atoms with Crippen molar-refractivity contribution in [3.05, 3.63) is 52.3 Å². The highest BCUT2D eigenvalue weighted by Crippen LogP contribution is 2.13. The third-order valence-electron chi connectivity index (χ3n) is 3.16. The van der Waals surface area contributed by atoms with Crippen LogP contribution in [0.1, 0.15) is 18.3 Å². The van der Waals surface area contributed by atoms with Crippen molar-refractivity contribution in [2.45, 2.75) is 19.9 Å². The molecule has 0 bridgehead atoms. The summed E-state index contributed by atoms with van der Waals surface area (Å²) in [6, 6.07) is 6.85. The molecule has 0 amide bonds. The van der Waals surface area contributed by atoms with Crippen LogP contribution in [-0.4, -0.2) is 24.6 Å². The number of benzene rings is 1. The molecular weight excluding hydrogens is 256 g/mol. The van der Waals surface area contributed by atoms with Crippen molar-refractivity contribution < 1.29 is 5.11 Å². The Hall–Kier alpha value is -2.63. The van der Waals surface area contributed by atoms with Crippen molar-refractivity contribution in [3.63, 3.8) is 0 Å². The van der Waals surface area contributed by atoms with Gasteiger partial charge in [0.1, 0.15) is 11.6 Å². The largest absolute Gasteiger partial charge is 0.508 e. The lowest BCUT2D eigenvalue weighted by Gasteiger charge is -2.04. The van der Waals surface area contributed by atoms with Gasteiger partial charge in [0.25, 0.3) is 5.56 Å². The van der Waals surface area contributed by atoms with Crippen LogP contribution in [0.25, 0.3) is 11.2 Å². The standard InChI is InChI=1S/C14H14N4O2/c1-2-11-16-13-12(14(20)17-11)18(8-15-13)7-9-3-5-10(19)6-4-9/h3-6,8,19H,2,7H2,1H3,(H,16,17,20). The van der Waals surface area contributed by atoms with Crippen LogP contribution >= 0.6 is 0 Å². The topological polar surface area (TPSA) is 83.8 Å². The molecular formula is C14H14N4O2. The lowest BCUT2D eigenvalue weighted by atomic mass is 10.2. The van der Waals surface area contributed by atoms with Gasteiger partial charge in [-0.2, -0.15) is 0 Å². The number of hydrogen-bond acceptors (Lipinski definition) is 4. The summed E-state index contributed by atoms with van der Waals surface area (Å²) < 4.78 is 1.76. The number of hydrogen-bond donors (Lipinski definition) is 2. The number of aromatic hydroxyl groups is 1. The van der Waals surface area contributed by atoms with Crippen LogP contribution in [0.5, 0.6) is 5.75 Å². The number of fused-ring (bicyclic) bond motifs is 1. The monoisotopic (exact) mass is 270 g/mol. The van der Waals surface area contributed by atoms with Gasteiger partial charge in [-0.05, 0) is 17.7 Å². The molecule has 0 spiro atoms. The maximum atomic E-state index is 12.1. The molecule has 3 rings (SSSR count). The second kappa shape index (κ2) is 4.80. The van der Waals surface area contributed by atoms with E-state index in [1.54, 1.807) is 23.0 Å². The molecule has 0 aliphatic carbocycles. The zero-order valence-electron chi connectivity index (χ0n) is 11.0. The number of nitrogens with one attached hydrogen (secondary N) is 1. The fourth-order valence-electron chi connectivity index (χ4n) is 2.12. The first-order valence-electron chi connectivity index (χ1n) is 6.39. The van der Waals surface area contributed by atoms with E-state index in [2.05, 4.69) is 15.0 Å². The molecule has 6 heteroatoms.